The number of fused-ring (bicyclic) bond motifs is 2. The Morgan fingerprint density at radius 3 is 2.80 bits per heavy atom. The van der Waals surface area contributed by atoms with Gasteiger partial charge in [0.15, 0.2) is 6.10 Å². The first-order valence-electron chi connectivity index (χ1n) is 10.7. The Labute approximate surface area is 174 Å². The predicted molar refractivity (Wildman–Crippen MR) is 105 cm³/mol. The largest absolute Gasteiger partial charge is 0.479 e. The summed E-state index contributed by atoms with van der Waals surface area (Å²) in [4.78, 5) is 13.8. The number of carbonyl (C=O) groups is 1. The molecule has 1 saturated carbocycles. The second-order valence-electron chi connectivity index (χ2n) is 8.76. The summed E-state index contributed by atoms with van der Waals surface area (Å²) in [5.41, 5.74) is 3.46. The van der Waals surface area contributed by atoms with Crippen molar-refractivity contribution in [1.82, 2.24) is 5.32 Å². The van der Waals surface area contributed by atoms with Crippen molar-refractivity contribution in [3.05, 3.63) is 23.3 Å². The van der Waals surface area contributed by atoms with Gasteiger partial charge in [0, 0.05) is 37.4 Å². The molecule has 3 heterocycles. The van der Waals surface area contributed by atoms with Crippen LogP contribution in [-0.2, 0) is 16.1 Å². The molecule has 1 aromatic carbocycles. The van der Waals surface area contributed by atoms with E-state index >= 15 is 0 Å². The lowest BCUT2D eigenvalue weighted by atomic mass is 9.81. The summed E-state index contributed by atoms with van der Waals surface area (Å²) in [6.45, 7) is 3.59. The van der Waals surface area contributed by atoms with Crippen molar-refractivity contribution in [1.29, 1.82) is 0 Å². The number of anilines is 1. The molecule has 3 aliphatic heterocycles. The van der Waals surface area contributed by atoms with Crippen molar-refractivity contribution in [3.63, 3.8) is 0 Å². The van der Waals surface area contributed by atoms with Gasteiger partial charge in [-0.15, -0.1) is 0 Å². The van der Waals surface area contributed by atoms with Crippen LogP contribution in [0, 0.1) is 5.92 Å². The van der Waals surface area contributed by atoms with Gasteiger partial charge in [0.05, 0.1) is 0 Å². The minimum absolute atomic E-state index is 0.343. The maximum Gasteiger partial charge on any atom is 0.335 e. The number of carboxylic acids is 1. The Morgan fingerprint density at radius 2 is 2.00 bits per heavy atom. The first-order valence-corrected chi connectivity index (χ1v) is 10.7. The molecule has 1 saturated heterocycles. The molecule has 0 radical (unpaired) electrons. The lowest BCUT2D eigenvalue weighted by molar-refractivity contribution is -0.271. The van der Waals surface area contributed by atoms with E-state index in [0.717, 1.165) is 51.0 Å². The summed E-state index contributed by atoms with van der Waals surface area (Å²) >= 11 is 0. The van der Waals surface area contributed by atoms with Crippen molar-refractivity contribution in [2.24, 2.45) is 5.92 Å². The SMILES string of the molecule is O=C(O)C1OC(Oc2ccc3c4c2C2CCCC2CN4CCNC3)C(O)C(O)C1O. The second kappa shape index (κ2) is 7.65. The molecular weight excluding hydrogens is 392 g/mol. The highest BCUT2D eigenvalue weighted by Gasteiger charge is 2.49. The standard InChI is InChI=1S/C21H28N2O7/c24-16-17(25)19(20(27)28)30-21(18(16)26)29-13-5-4-10-8-22-6-7-23-9-11-2-1-3-12(11)14(13)15(10)23/h4-5,11-12,16-19,21-22,24-26H,1-3,6-9H2,(H,27,28). The van der Waals surface area contributed by atoms with E-state index in [2.05, 4.69) is 10.2 Å². The summed E-state index contributed by atoms with van der Waals surface area (Å²) in [5.74, 6) is 0.00727. The molecule has 7 atom stereocenters. The van der Waals surface area contributed by atoms with Gasteiger partial charge in [0.25, 0.3) is 0 Å². The first-order chi connectivity index (χ1) is 14.5. The quantitative estimate of drug-likeness (QED) is 0.450. The van der Waals surface area contributed by atoms with Gasteiger partial charge in [-0.3, -0.25) is 0 Å². The Kier molecular flexibility index (Phi) is 5.11. The minimum Gasteiger partial charge on any atom is -0.479 e. The van der Waals surface area contributed by atoms with Gasteiger partial charge in [-0.05, 0) is 36.3 Å². The van der Waals surface area contributed by atoms with E-state index in [9.17, 15) is 25.2 Å². The number of aliphatic hydroxyl groups is 3. The molecule has 30 heavy (non-hydrogen) atoms. The Hall–Kier alpha value is -1.91. The number of nitrogens with zero attached hydrogens (tertiary/aromatic N) is 1. The van der Waals surface area contributed by atoms with Crippen molar-refractivity contribution in [2.45, 2.75) is 62.4 Å². The van der Waals surface area contributed by atoms with E-state index in [-0.39, 0.29) is 0 Å². The van der Waals surface area contributed by atoms with E-state index in [1.54, 1.807) is 0 Å². The second-order valence-corrected chi connectivity index (χ2v) is 8.76. The number of carboxylic acid groups (broad SMARTS) is 1. The zero-order valence-electron chi connectivity index (χ0n) is 16.6. The normalized spacial score (nSPS) is 37.8. The van der Waals surface area contributed by atoms with Crippen molar-refractivity contribution in [2.75, 3.05) is 24.5 Å². The van der Waals surface area contributed by atoms with Gasteiger partial charge in [-0.1, -0.05) is 12.5 Å². The summed E-state index contributed by atoms with van der Waals surface area (Å²) in [7, 11) is 0. The van der Waals surface area contributed by atoms with Crippen molar-refractivity contribution >= 4 is 11.7 Å². The fourth-order valence-corrected chi connectivity index (χ4v) is 5.54. The van der Waals surface area contributed by atoms with Gasteiger partial charge in [0.1, 0.15) is 24.1 Å². The molecule has 0 bridgehead atoms. The van der Waals surface area contributed by atoms with Crippen LogP contribution in [-0.4, -0.2) is 76.7 Å². The smallest absolute Gasteiger partial charge is 0.335 e. The van der Waals surface area contributed by atoms with Crippen LogP contribution in [0.3, 0.4) is 0 Å². The molecule has 1 aliphatic carbocycles. The maximum absolute atomic E-state index is 11.4. The van der Waals surface area contributed by atoms with E-state index in [4.69, 9.17) is 9.47 Å². The van der Waals surface area contributed by atoms with Gasteiger partial charge in [-0.2, -0.15) is 0 Å². The average molecular weight is 420 g/mol. The third-order valence-corrected chi connectivity index (χ3v) is 6.99. The van der Waals surface area contributed by atoms with Crippen LogP contribution in [0.25, 0.3) is 0 Å². The zero-order valence-corrected chi connectivity index (χ0v) is 16.6. The number of ether oxygens (including phenoxy) is 2. The molecule has 164 valence electrons. The summed E-state index contributed by atoms with van der Waals surface area (Å²) < 4.78 is 11.4. The molecule has 5 rings (SSSR count). The minimum atomic E-state index is -1.73. The van der Waals surface area contributed by atoms with Gasteiger partial charge >= 0.3 is 5.97 Å². The van der Waals surface area contributed by atoms with Gasteiger partial charge in [-0.25, -0.2) is 4.79 Å². The lowest BCUT2D eigenvalue weighted by Gasteiger charge is -2.42. The monoisotopic (exact) mass is 420 g/mol. The predicted octanol–water partition coefficient (Wildman–Crippen LogP) is -0.235. The lowest BCUT2D eigenvalue weighted by Crippen LogP contribution is -2.61. The number of aliphatic carboxylic acids is 1. The highest BCUT2D eigenvalue weighted by molar-refractivity contribution is 5.73. The van der Waals surface area contributed by atoms with Crippen LogP contribution >= 0.6 is 0 Å². The number of hydrogen-bond donors (Lipinski definition) is 5. The fourth-order valence-electron chi connectivity index (χ4n) is 5.54. The van der Waals surface area contributed by atoms with Gasteiger partial charge < -0.3 is 40.1 Å². The van der Waals surface area contributed by atoms with Crippen LogP contribution in [0.4, 0.5) is 5.69 Å². The van der Waals surface area contributed by atoms with Crippen LogP contribution in [0.15, 0.2) is 12.1 Å². The molecular formula is C21H28N2O7. The fraction of sp³-hybridized carbons (Fsp3) is 0.667. The van der Waals surface area contributed by atoms with Crippen molar-refractivity contribution in [3.8, 4) is 5.75 Å². The van der Waals surface area contributed by atoms with Gasteiger partial charge in [0.2, 0.25) is 6.29 Å². The van der Waals surface area contributed by atoms with Crippen LogP contribution in [0.2, 0.25) is 0 Å². The molecule has 9 heteroatoms. The average Bonchev–Trinajstić information content (AvgIpc) is 3.10. The third-order valence-electron chi connectivity index (χ3n) is 6.99. The number of nitrogens with one attached hydrogen (secondary N) is 1. The van der Waals surface area contributed by atoms with E-state index < -0.39 is 36.7 Å². The maximum atomic E-state index is 11.4. The van der Waals surface area contributed by atoms with Crippen LogP contribution in [0.5, 0.6) is 5.75 Å². The molecule has 7 unspecified atom stereocenters. The molecule has 0 amide bonds. The number of benzene rings is 1. The Bertz CT molecular complexity index is 834. The van der Waals surface area contributed by atoms with E-state index in [1.165, 1.54) is 11.3 Å². The first kappa shape index (κ1) is 20.0. The van der Waals surface area contributed by atoms with E-state index in [0.29, 0.717) is 17.6 Å². The Balaban J connectivity index is 1.52. The Morgan fingerprint density at radius 1 is 1.17 bits per heavy atom. The number of hydrogen-bond acceptors (Lipinski definition) is 8. The molecule has 2 fully saturated rings. The van der Waals surface area contributed by atoms with Crippen molar-refractivity contribution < 1.29 is 34.7 Å². The summed E-state index contributed by atoms with van der Waals surface area (Å²) in [5, 5.41) is 43.2. The molecule has 0 aromatic heterocycles. The molecule has 0 spiro atoms. The van der Waals surface area contributed by atoms with Crippen LogP contribution < -0.4 is 15.0 Å². The molecule has 9 nitrogen and oxygen atoms in total. The van der Waals surface area contributed by atoms with E-state index in [1.807, 2.05) is 12.1 Å². The summed E-state index contributed by atoms with van der Waals surface area (Å²) in [6.07, 6.45) is -4.67. The molecule has 4 aliphatic rings. The highest BCUT2D eigenvalue weighted by atomic mass is 16.7. The number of aliphatic hydroxyl groups excluding tert-OH is 3. The zero-order chi connectivity index (χ0) is 21.0. The molecule has 5 N–H and O–H groups in total. The highest BCUT2D eigenvalue weighted by Crippen LogP contribution is 2.52. The third kappa shape index (κ3) is 3.16. The topological polar surface area (TPSA) is 132 Å². The van der Waals surface area contributed by atoms with Crippen LogP contribution in [0.1, 0.15) is 36.3 Å². The molecule has 1 aromatic rings. The summed E-state index contributed by atoms with van der Waals surface area (Å²) in [6, 6.07) is 3.84. The number of rotatable bonds is 3.